The molecule has 0 radical (unpaired) electrons. The van der Waals surface area contributed by atoms with Crippen LogP contribution in [-0.2, 0) is 25.6 Å². The molecule has 0 saturated carbocycles. The van der Waals surface area contributed by atoms with Gasteiger partial charge in [-0.15, -0.1) is 0 Å². The molecule has 6 nitrogen and oxygen atoms in total. The van der Waals surface area contributed by atoms with Crippen LogP contribution in [0.25, 0.3) is 0 Å². The van der Waals surface area contributed by atoms with Gasteiger partial charge in [0.05, 0.1) is 24.7 Å². The zero-order chi connectivity index (χ0) is 19.4. The summed E-state index contributed by atoms with van der Waals surface area (Å²) in [6.45, 7) is 2.26. The monoisotopic (exact) mass is 389 g/mol. The van der Waals surface area contributed by atoms with Crippen molar-refractivity contribution in [3.63, 3.8) is 0 Å². The van der Waals surface area contributed by atoms with Gasteiger partial charge in [0, 0.05) is 13.0 Å². The maximum atomic E-state index is 12.4. The van der Waals surface area contributed by atoms with Crippen LogP contribution in [0.1, 0.15) is 24.0 Å². The number of carbonyl (C=O) groups is 1. The Balaban J connectivity index is 1.66. The van der Waals surface area contributed by atoms with Gasteiger partial charge in [0.15, 0.2) is 0 Å². The van der Waals surface area contributed by atoms with Gasteiger partial charge in [0.25, 0.3) is 10.1 Å². The van der Waals surface area contributed by atoms with Gasteiger partial charge >= 0.3 is 0 Å². The molecule has 0 bridgehead atoms. The number of hydrogen-bond acceptors (Lipinski definition) is 5. The summed E-state index contributed by atoms with van der Waals surface area (Å²) in [5.41, 5.74) is 1.93. The minimum Gasteiger partial charge on any atom is -0.497 e. The number of nitrogens with zero attached hydrogens (tertiary/aromatic N) is 1. The average Bonchev–Trinajstić information content (AvgIpc) is 3.01. The van der Waals surface area contributed by atoms with Crippen LogP contribution in [-0.4, -0.2) is 39.0 Å². The van der Waals surface area contributed by atoms with E-state index in [0.717, 1.165) is 16.9 Å². The Labute approximate surface area is 159 Å². The second-order valence-corrected chi connectivity index (χ2v) is 8.23. The zero-order valence-corrected chi connectivity index (χ0v) is 16.2. The molecule has 1 aliphatic rings. The third kappa shape index (κ3) is 4.67. The lowest BCUT2D eigenvalue weighted by Crippen LogP contribution is -2.36. The van der Waals surface area contributed by atoms with Crippen molar-refractivity contribution in [1.29, 1.82) is 0 Å². The highest BCUT2D eigenvalue weighted by atomic mass is 32.2. The largest absolute Gasteiger partial charge is 0.497 e. The van der Waals surface area contributed by atoms with Crippen LogP contribution in [0.15, 0.2) is 53.4 Å². The van der Waals surface area contributed by atoms with E-state index in [4.69, 9.17) is 8.92 Å². The number of likely N-dealkylation sites (tertiary alicyclic amines) is 1. The lowest BCUT2D eigenvalue weighted by Gasteiger charge is -2.24. The predicted molar refractivity (Wildman–Crippen MR) is 101 cm³/mol. The smallest absolute Gasteiger partial charge is 0.297 e. The highest BCUT2D eigenvalue weighted by molar-refractivity contribution is 7.86. The molecule has 0 spiro atoms. The summed E-state index contributed by atoms with van der Waals surface area (Å²) in [6.07, 6.45) is 0.979. The Morgan fingerprint density at radius 3 is 2.37 bits per heavy atom. The van der Waals surface area contributed by atoms with E-state index in [9.17, 15) is 13.2 Å². The normalized spacial score (nSPS) is 17.3. The average molecular weight is 389 g/mol. The summed E-state index contributed by atoms with van der Waals surface area (Å²) >= 11 is 0. The topological polar surface area (TPSA) is 72.9 Å². The Hall–Kier alpha value is -2.38. The summed E-state index contributed by atoms with van der Waals surface area (Å²) in [6, 6.07) is 13.7. The van der Waals surface area contributed by atoms with Crippen molar-refractivity contribution < 1.29 is 22.1 Å². The van der Waals surface area contributed by atoms with Crippen LogP contribution in [0, 0.1) is 6.92 Å². The molecular formula is C20H23NO5S. The predicted octanol–water partition coefficient (Wildman–Crippen LogP) is 2.90. The van der Waals surface area contributed by atoms with Gasteiger partial charge < -0.3 is 9.64 Å². The molecule has 0 aliphatic carbocycles. The van der Waals surface area contributed by atoms with Crippen molar-refractivity contribution in [2.75, 3.05) is 13.7 Å². The molecule has 1 fully saturated rings. The lowest BCUT2D eigenvalue weighted by atomic mass is 10.2. The summed E-state index contributed by atoms with van der Waals surface area (Å²) in [7, 11) is -2.24. The first-order valence-corrected chi connectivity index (χ1v) is 10.2. The van der Waals surface area contributed by atoms with Crippen molar-refractivity contribution in [3.05, 3.63) is 59.7 Å². The molecule has 2 aromatic carbocycles. The Morgan fingerprint density at radius 1 is 1.07 bits per heavy atom. The Morgan fingerprint density at radius 2 is 1.74 bits per heavy atom. The third-order valence-corrected chi connectivity index (χ3v) is 5.99. The quantitative estimate of drug-likeness (QED) is 0.681. The molecule has 1 atom stereocenters. The molecule has 1 saturated heterocycles. The fourth-order valence-electron chi connectivity index (χ4n) is 3.05. The second-order valence-electron chi connectivity index (χ2n) is 6.61. The van der Waals surface area contributed by atoms with Crippen LogP contribution in [0.3, 0.4) is 0 Å². The van der Waals surface area contributed by atoms with Crippen LogP contribution in [0.5, 0.6) is 5.75 Å². The van der Waals surface area contributed by atoms with Gasteiger partial charge in [-0.2, -0.15) is 8.42 Å². The van der Waals surface area contributed by atoms with Gasteiger partial charge in [0.1, 0.15) is 5.75 Å². The highest BCUT2D eigenvalue weighted by Crippen LogP contribution is 2.24. The van der Waals surface area contributed by atoms with E-state index in [1.165, 1.54) is 12.1 Å². The Bertz CT molecular complexity index is 891. The molecule has 2 aromatic rings. The van der Waals surface area contributed by atoms with Crippen LogP contribution < -0.4 is 4.74 Å². The number of carbonyl (C=O) groups excluding carboxylic acids is 1. The summed E-state index contributed by atoms with van der Waals surface area (Å²) in [4.78, 5) is 14.1. The molecular weight excluding hydrogens is 366 g/mol. The molecule has 27 heavy (non-hydrogen) atoms. The zero-order valence-electron chi connectivity index (χ0n) is 15.4. The SMILES string of the molecule is COc1ccc(CN2C(=O)CC[C@H]2COS(=O)(=O)c2ccc(C)cc2)cc1. The molecule has 1 heterocycles. The number of benzene rings is 2. The second kappa shape index (κ2) is 8.10. The molecule has 1 aliphatic heterocycles. The van der Waals surface area contributed by atoms with E-state index in [2.05, 4.69) is 0 Å². The number of ether oxygens (including phenoxy) is 1. The summed E-state index contributed by atoms with van der Waals surface area (Å²) in [5.74, 6) is 0.753. The molecule has 7 heteroatoms. The number of aryl methyl sites for hydroxylation is 1. The van der Waals surface area contributed by atoms with E-state index in [-0.39, 0.29) is 23.5 Å². The standard InChI is InChI=1S/C20H23NO5S/c1-15-3-10-19(11-4-15)27(23,24)26-14-17-7-12-20(22)21(17)13-16-5-8-18(25-2)9-6-16/h3-6,8-11,17H,7,12-14H2,1-2H3/t17-/m0/s1. The van der Waals surface area contributed by atoms with Crippen molar-refractivity contribution >= 4 is 16.0 Å². The van der Waals surface area contributed by atoms with E-state index in [1.54, 1.807) is 24.1 Å². The molecule has 0 aromatic heterocycles. The fourth-order valence-corrected chi connectivity index (χ4v) is 3.99. The first-order valence-electron chi connectivity index (χ1n) is 8.77. The number of amides is 1. The molecule has 1 amide bonds. The van der Waals surface area contributed by atoms with E-state index in [1.807, 2.05) is 31.2 Å². The fraction of sp³-hybridized carbons (Fsp3) is 0.350. The molecule has 0 unspecified atom stereocenters. The third-order valence-electron chi connectivity index (χ3n) is 4.69. The van der Waals surface area contributed by atoms with Crippen molar-refractivity contribution in [2.45, 2.75) is 37.2 Å². The van der Waals surface area contributed by atoms with Crippen LogP contribution in [0.2, 0.25) is 0 Å². The minimum absolute atomic E-state index is 0.00662. The van der Waals surface area contributed by atoms with E-state index >= 15 is 0 Å². The van der Waals surface area contributed by atoms with E-state index in [0.29, 0.717) is 19.4 Å². The van der Waals surface area contributed by atoms with Gasteiger partial charge in [-0.05, 0) is 43.2 Å². The maximum absolute atomic E-state index is 12.4. The Kier molecular flexibility index (Phi) is 5.82. The maximum Gasteiger partial charge on any atom is 0.297 e. The highest BCUT2D eigenvalue weighted by Gasteiger charge is 2.32. The van der Waals surface area contributed by atoms with Gasteiger partial charge in [0.2, 0.25) is 5.91 Å². The van der Waals surface area contributed by atoms with Crippen molar-refractivity contribution in [3.8, 4) is 5.75 Å². The molecule has 0 N–H and O–H groups in total. The number of hydrogen-bond donors (Lipinski definition) is 0. The number of methoxy groups -OCH3 is 1. The lowest BCUT2D eigenvalue weighted by molar-refractivity contribution is -0.129. The van der Waals surface area contributed by atoms with Crippen molar-refractivity contribution in [2.24, 2.45) is 0 Å². The van der Waals surface area contributed by atoms with E-state index < -0.39 is 10.1 Å². The summed E-state index contributed by atoms with van der Waals surface area (Å²) < 4.78 is 35.1. The summed E-state index contributed by atoms with van der Waals surface area (Å²) in [5, 5.41) is 0. The first-order chi connectivity index (χ1) is 12.9. The van der Waals surface area contributed by atoms with Crippen molar-refractivity contribution in [1.82, 2.24) is 4.90 Å². The first kappa shape index (κ1) is 19.4. The van der Waals surface area contributed by atoms with Crippen LogP contribution >= 0.6 is 0 Å². The molecule has 3 rings (SSSR count). The van der Waals surface area contributed by atoms with Crippen LogP contribution in [0.4, 0.5) is 0 Å². The molecule has 144 valence electrons. The van der Waals surface area contributed by atoms with Gasteiger partial charge in [-0.3, -0.25) is 8.98 Å². The van der Waals surface area contributed by atoms with Gasteiger partial charge in [-0.25, -0.2) is 0 Å². The van der Waals surface area contributed by atoms with Gasteiger partial charge in [-0.1, -0.05) is 29.8 Å². The minimum atomic E-state index is -3.84. The number of rotatable bonds is 7.